The molecule has 7 nitrogen and oxygen atoms in total. The average molecular weight is 409 g/mol. The molecule has 2 amide bonds. The van der Waals surface area contributed by atoms with Gasteiger partial charge in [-0.3, -0.25) is 9.59 Å². The first-order chi connectivity index (χ1) is 13.0. The van der Waals surface area contributed by atoms with Crippen molar-refractivity contribution in [2.75, 3.05) is 23.0 Å². The molecule has 0 unspecified atom stereocenters. The van der Waals surface area contributed by atoms with Crippen LogP contribution in [0.5, 0.6) is 5.75 Å². The van der Waals surface area contributed by atoms with Crippen molar-refractivity contribution in [2.45, 2.75) is 38.0 Å². The summed E-state index contributed by atoms with van der Waals surface area (Å²) in [5, 5.41) is 14.0. The average Bonchev–Trinajstić information content (AvgIpc) is 3.10. The minimum Gasteiger partial charge on any atom is -0.494 e. The fraction of sp³-hybridized carbons (Fsp3) is 0.444. The summed E-state index contributed by atoms with van der Waals surface area (Å²) in [6.07, 6.45) is 1.57. The van der Waals surface area contributed by atoms with Gasteiger partial charge < -0.3 is 15.4 Å². The SMILES string of the molecule is CCOc1ccc(NC(=O)CSc2nnc(NC(=O)C(CC)CC)s2)cc1. The standard InChI is InChI=1S/C18H24N4O3S2/c1-4-12(5-2)16(24)20-17-21-22-18(27-17)26-11-15(23)19-13-7-9-14(10-8-13)25-6-3/h7-10,12H,4-6,11H2,1-3H3,(H,19,23)(H,20,21,24). The topological polar surface area (TPSA) is 93.2 Å². The number of thioether (sulfide) groups is 1. The molecule has 0 saturated heterocycles. The number of carbonyl (C=O) groups excluding carboxylic acids is 2. The van der Waals surface area contributed by atoms with E-state index < -0.39 is 0 Å². The Balaban J connectivity index is 1.80. The Hall–Kier alpha value is -2.13. The second-order valence-electron chi connectivity index (χ2n) is 5.67. The lowest BCUT2D eigenvalue weighted by molar-refractivity contribution is -0.120. The van der Waals surface area contributed by atoms with E-state index in [-0.39, 0.29) is 23.5 Å². The Bertz CT molecular complexity index is 745. The molecule has 1 heterocycles. The molecule has 0 aliphatic rings. The van der Waals surface area contributed by atoms with Crippen LogP contribution in [-0.4, -0.2) is 34.4 Å². The summed E-state index contributed by atoms with van der Waals surface area (Å²) >= 11 is 2.55. The number of benzene rings is 1. The second kappa shape index (κ2) is 10.9. The van der Waals surface area contributed by atoms with Gasteiger partial charge in [0.25, 0.3) is 0 Å². The molecule has 2 rings (SSSR count). The van der Waals surface area contributed by atoms with Crippen LogP contribution >= 0.6 is 23.1 Å². The van der Waals surface area contributed by atoms with E-state index in [1.165, 1.54) is 23.1 Å². The zero-order valence-corrected chi connectivity index (χ0v) is 17.3. The first-order valence-electron chi connectivity index (χ1n) is 8.85. The fourth-order valence-electron chi connectivity index (χ4n) is 2.31. The first-order valence-corrected chi connectivity index (χ1v) is 10.7. The quantitative estimate of drug-likeness (QED) is 0.455. The van der Waals surface area contributed by atoms with Crippen molar-refractivity contribution >= 4 is 45.7 Å². The normalized spacial score (nSPS) is 10.7. The lowest BCUT2D eigenvalue weighted by atomic mass is 10.0. The van der Waals surface area contributed by atoms with Crippen LogP contribution in [-0.2, 0) is 9.59 Å². The van der Waals surface area contributed by atoms with Crippen LogP contribution in [0.1, 0.15) is 33.6 Å². The Morgan fingerprint density at radius 2 is 1.81 bits per heavy atom. The van der Waals surface area contributed by atoms with Crippen LogP contribution in [0.3, 0.4) is 0 Å². The highest BCUT2D eigenvalue weighted by Gasteiger charge is 2.16. The van der Waals surface area contributed by atoms with Crippen molar-refractivity contribution in [3.05, 3.63) is 24.3 Å². The first kappa shape index (κ1) is 21.2. The molecule has 2 N–H and O–H groups in total. The van der Waals surface area contributed by atoms with E-state index >= 15 is 0 Å². The molecule has 0 saturated carbocycles. The number of hydrogen-bond donors (Lipinski definition) is 2. The molecule has 27 heavy (non-hydrogen) atoms. The number of rotatable bonds is 10. The maximum absolute atomic E-state index is 12.1. The number of nitrogens with one attached hydrogen (secondary N) is 2. The third-order valence-electron chi connectivity index (χ3n) is 3.77. The van der Waals surface area contributed by atoms with Crippen LogP contribution in [0.4, 0.5) is 10.8 Å². The van der Waals surface area contributed by atoms with Crippen molar-refractivity contribution in [1.29, 1.82) is 0 Å². The molecule has 1 aromatic carbocycles. The van der Waals surface area contributed by atoms with E-state index in [2.05, 4.69) is 20.8 Å². The summed E-state index contributed by atoms with van der Waals surface area (Å²) in [4.78, 5) is 24.1. The molecule has 0 bridgehead atoms. The molecule has 1 aromatic heterocycles. The summed E-state index contributed by atoms with van der Waals surface area (Å²) in [5.74, 6) is 0.775. The molecular weight excluding hydrogens is 384 g/mol. The number of carbonyl (C=O) groups is 2. The molecule has 0 fully saturated rings. The number of amides is 2. The monoisotopic (exact) mass is 408 g/mol. The van der Waals surface area contributed by atoms with Gasteiger partial charge in [0.1, 0.15) is 5.75 Å². The van der Waals surface area contributed by atoms with Gasteiger partial charge in [0.15, 0.2) is 4.34 Å². The van der Waals surface area contributed by atoms with Gasteiger partial charge in [0, 0.05) is 11.6 Å². The smallest absolute Gasteiger partial charge is 0.234 e. The number of aromatic nitrogens is 2. The molecule has 146 valence electrons. The van der Waals surface area contributed by atoms with Crippen molar-refractivity contribution in [3.63, 3.8) is 0 Å². The maximum atomic E-state index is 12.1. The zero-order chi connectivity index (χ0) is 19.6. The summed E-state index contributed by atoms with van der Waals surface area (Å²) in [7, 11) is 0. The van der Waals surface area contributed by atoms with Crippen LogP contribution in [0.2, 0.25) is 0 Å². The van der Waals surface area contributed by atoms with Crippen LogP contribution in [0, 0.1) is 5.92 Å². The summed E-state index contributed by atoms with van der Waals surface area (Å²) in [6, 6.07) is 7.21. The van der Waals surface area contributed by atoms with Gasteiger partial charge in [-0.05, 0) is 44.0 Å². The predicted octanol–water partition coefficient (Wildman–Crippen LogP) is 4.04. The van der Waals surface area contributed by atoms with Crippen LogP contribution < -0.4 is 15.4 Å². The highest BCUT2D eigenvalue weighted by molar-refractivity contribution is 8.01. The van der Waals surface area contributed by atoms with Gasteiger partial charge in [-0.25, -0.2) is 0 Å². The second-order valence-corrected chi connectivity index (χ2v) is 7.87. The highest BCUT2D eigenvalue weighted by atomic mass is 32.2. The highest BCUT2D eigenvalue weighted by Crippen LogP contribution is 2.26. The molecule has 0 spiro atoms. The van der Waals surface area contributed by atoms with E-state index in [4.69, 9.17) is 4.74 Å². The minimum atomic E-state index is -0.137. The Kier molecular flexibility index (Phi) is 8.53. The predicted molar refractivity (Wildman–Crippen MR) is 110 cm³/mol. The van der Waals surface area contributed by atoms with E-state index in [1.807, 2.05) is 32.9 Å². The van der Waals surface area contributed by atoms with Gasteiger partial charge in [0.2, 0.25) is 16.9 Å². The zero-order valence-electron chi connectivity index (χ0n) is 15.7. The van der Waals surface area contributed by atoms with Gasteiger partial charge in [0.05, 0.1) is 12.4 Å². The Morgan fingerprint density at radius 3 is 2.44 bits per heavy atom. The van der Waals surface area contributed by atoms with Gasteiger partial charge >= 0.3 is 0 Å². The Labute approximate surface area is 167 Å². The van der Waals surface area contributed by atoms with E-state index in [0.717, 1.165) is 18.6 Å². The maximum Gasteiger partial charge on any atom is 0.234 e. The van der Waals surface area contributed by atoms with Crippen LogP contribution in [0.25, 0.3) is 0 Å². The van der Waals surface area contributed by atoms with Crippen molar-refractivity contribution in [1.82, 2.24) is 10.2 Å². The number of anilines is 2. The molecule has 0 aliphatic heterocycles. The third kappa shape index (κ3) is 6.84. The molecule has 9 heteroatoms. The van der Waals surface area contributed by atoms with E-state index in [9.17, 15) is 9.59 Å². The lowest BCUT2D eigenvalue weighted by Crippen LogP contribution is -2.21. The summed E-state index contributed by atoms with van der Waals surface area (Å²) in [5.41, 5.74) is 0.708. The van der Waals surface area contributed by atoms with E-state index in [1.54, 1.807) is 12.1 Å². The Morgan fingerprint density at radius 1 is 1.11 bits per heavy atom. The van der Waals surface area contributed by atoms with Gasteiger partial charge in [-0.2, -0.15) is 0 Å². The van der Waals surface area contributed by atoms with Gasteiger partial charge in [-0.15, -0.1) is 10.2 Å². The fourth-order valence-corrected chi connectivity index (χ4v) is 3.87. The number of hydrogen-bond acceptors (Lipinski definition) is 7. The summed E-state index contributed by atoms with van der Waals surface area (Å²) < 4.78 is 6.01. The largest absolute Gasteiger partial charge is 0.494 e. The van der Waals surface area contributed by atoms with Crippen molar-refractivity contribution < 1.29 is 14.3 Å². The lowest BCUT2D eigenvalue weighted by Gasteiger charge is -2.09. The molecule has 2 aromatic rings. The van der Waals surface area contributed by atoms with E-state index in [0.29, 0.717) is 21.8 Å². The third-order valence-corrected chi connectivity index (χ3v) is 5.74. The molecular formula is C18H24N4O3S2. The van der Waals surface area contributed by atoms with Crippen molar-refractivity contribution in [2.24, 2.45) is 5.92 Å². The number of ether oxygens (including phenoxy) is 1. The molecule has 0 atom stereocenters. The molecule has 0 radical (unpaired) electrons. The van der Waals surface area contributed by atoms with Gasteiger partial charge in [-0.1, -0.05) is 36.9 Å². The molecule has 0 aliphatic carbocycles. The van der Waals surface area contributed by atoms with Crippen molar-refractivity contribution in [3.8, 4) is 5.75 Å². The minimum absolute atomic E-state index is 0.0232. The summed E-state index contributed by atoms with van der Waals surface area (Å²) in [6.45, 7) is 6.49. The van der Waals surface area contributed by atoms with Crippen LogP contribution in [0.15, 0.2) is 28.6 Å². The number of nitrogens with zero attached hydrogens (tertiary/aromatic N) is 2.